The summed E-state index contributed by atoms with van der Waals surface area (Å²) in [6.07, 6.45) is 6.50. The molecular weight excluding hydrogens is 270 g/mol. The normalized spacial score (nSPS) is 17.5. The van der Waals surface area contributed by atoms with Crippen molar-refractivity contribution in [2.75, 3.05) is 18.1 Å². The second kappa shape index (κ2) is 7.04. The fraction of sp³-hybridized carbons (Fsp3) is 0.375. The van der Waals surface area contributed by atoms with Gasteiger partial charge < -0.3 is 15.1 Å². The molecule has 1 aromatic carbocycles. The summed E-state index contributed by atoms with van der Waals surface area (Å²) in [6.45, 7) is 0.0838. The van der Waals surface area contributed by atoms with E-state index in [-0.39, 0.29) is 30.5 Å². The molecule has 0 bridgehead atoms. The molecule has 0 heterocycles. The fourth-order valence-electron chi connectivity index (χ4n) is 2.49. The highest BCUT2D eigenvalue weighted by molar-refractivity contribution is 5.96. The monoisotopic (exact) mass is 289 g/mol. The van der Waals surface area contributed by atoms with Crippen LogP contribution in [0.2, 0.25) is 0 Å². The van der Waals surface area contributed by atoms with Gasteiger partial charge in [0.2, 0.25) is 5.91 Å². The van der Waals surface area contributed by atoms with E-state index in [4.69, 9.17) is 5.11 Å². The number of hydrogen-bond donors (Lipinski definition) is 2. The summed E-state index contributed by atoms with van der Waals surface area (Å²) in [4.78, 5) is 25.0. The zero-order chi connectivity index (χ0) is 15.2. The lowest BCUT2D eigenvalue weighted by Gasteiger charge is -2.27. The highest BCUT2D eigenvalue weighted by Crippen LogP contribution is 2.24. The molecule has 1 aromatic rings. The van der Waals surface area contributed by atoms with Gasteiger partial charge in [-0.05, 0) is 43.5 Å². The van der Waals surface area contributed by atoms with Crippen molar-refractivity contribution in [2.45, 2.75) is 19.3 Å². The topological polar surface area (TPSA) is 77.8 Å². The Morgan fingerprint density at radius 2 is 1.90 bits per heavy atom. The van der Waals surface area contributed by atoms with Crippen molar-refractivity contribution in [3.8, 4) is 0 Å². The fourth-order valence-corrected chi connectivity index (χ4v) is 2.49. The number of aromatic carboxylic acids is 1. The summed E-state index contributed by atoms with van der Waals surface area (Å²) in [5.74, 6) is -1.09. The highest BCUT2D eigenvalue weighted by Gasteiger charge is 2.25. The Bertz CT molecular complexity index is 536. The maximum atomic E-state index is 12.6. The van der Waals surface area contributed by atoms with Crippen molar-refractivity contribution >= 4 is 17.6 Å². The third kappa shape index (κ3) is 3.70. The molecule has 0 spiro atoms. The summed E-state index contributed by atoms with van der Waals surface area (Å²) in [5, 5.41) is 18.1. The number of anilines is 1. The third-order valence-electron chi connectivity index (χ3n) is 3.63. The standard InChI is InChI=1S/C16H19NO4/c18-11-10-17(15(19)12-4-2-1-3-5-12)14-8-6-13(7-9-14)16(20)21/h1-2,6-9,12,18H,3-5,10-11H2,(H,20,21). The van der Waals surface area contributed by atoms with Crippen LogP contribution in [0.4, 0.5) is 5.69 Å². The van der Waals surface area contributed by atoms with Gasteiger partial charge in [-0.3, -0.25) is 4.79 Å². The van der Waals surface area contributed by atoms with Crippen LogP contribution < -0.4 is 4.90 Å². The molecule has 0 saturated carbocycles. The van der Waals surface area contributed by atoms with Crippen molar-refractivity contribution in [1.29, 1.82) is 0 Å². The molecule has 1 aliphatic carbocycles. The number of carbonyl (C=O) groups is 2. The van der Waals surface area contributed by atoms with E-state index in [1.807, 2.05) is 6.08 Å². The average molecular weight is 289 g/mol. The van der Waals surface area contributed by atoms with Crippen LogP contribution in [-0.4, -0.2) is 35.2 Å². The van der Waals surface area contributed by atoms with Gasteiger partial charge >= 0.3 is 5.97 Å². The first-order chi connectivity index (χ1) is 10.1. The Morgan fingerprint density at radius 3 is 2.43 bits per heavy atom. The largest absolute Gasteiger partial charge is 0.478 e. The van der Waals surface area contributed by atoms with Crippen LogP contribution in [0, 0.1) is 5.92 Å². The van der Waals surface area contributed by atoms with Gasteiger partial charge in [0.1, 0.15) is 0 Å². The number of rotatable bonds is 5. The van der Waals surface area contributed by atoms with Crippen LogP contribution in [0.5, 0.6) is 0 Å². The minimum Gasteiger partial charge on any atom is -0.478 e. The molecule has 0 radical (unpaired) electrons. The molecular formula is C16H19NO4. The number of hydrogen-bond acceptors (Lipinski definition) is 3. The van der Waals surface area contributed by atoms with Gasteiger partial charge in [-0.15, -0.1) is 0 Å². The smallest absolute Gasteiger partial charge is 0.335 e. The molecule has 1 amide bonds. The average Bonchev–Trinajstić information content (AvgIpc) is 2.53. The zero-order valence-electron chi connectivity index (χ0n) is 11.7. The van der Waals surface area contributed by atoms with E-state index in [0.717, 1.165) is 12.8 Å². The second-order valence-corrected chi connectivity index (χ2v) is 5.05. The number of benzene rings is 1. The van der Waals surface area contributed by atoms with E-state index in [1.165, 1.54) is 17.0 Å². The second-order valence-electron chi connectivity index (χ2n) is 5.05. The number of aliphatic hydroxyl groups excluding tert-OH is 1. The van der Waals surface area contributed by atoms with E-state index in [9.17, 15) is 14.7 Å². The van der Waals surface area contributed by atoms with Crippen LogP contribution in [-0.2, 0) is 4.79 Å². The Kier molecular flexibility index (Phi) is 5.11. The van der Waals surface area contributed by atoms with E-state index < -0.39 is 5.97 Å². The van der Waals surface area contributed by atoms with Crippen LogP contribution in [0.1, 0.15) is 29.6 Å². The summed E-state index contributed by atoms with van der Waals surface area (Å²) in [7, 11) is 0. The van der Waals surface area contributed by atoms with Gasteiger partial charge in [-0.25, -0.2) is 4.79 Å². The summed E-state index contributed by atoms with van der Waals surface area (Å²) >= 11 is 0. The number of amides is 1. The van der Waals surface area contributed by atoms with E-state index in [0.29, 0.717) is 12.1 Å². The number of nitrogens with zero attached hydrogens (tertiary/aromatic N) is 1. The zero-order valence-corrected chi connectivity index (χ0v) is 11.7. The van der Waals surface area contributed by atoms with Crippen LogP contribution in [0.3, 0.4) is 0 Å². The Hall–Kier alpha value is -2.14. The number of carboxylic acid groups (broad SMARTS) is 1. The maximum absolute atomic E-state index is 12.6. The van der Waals surface area contributed by atoms with Crippen LogP contribution in [0.25, 0.3) is 0 Å². The maximum Gasteiger partial charge on any atom is 0.335 e. The predicted molar refractivity (Wildman–Crippen MR) is 79.3 cm³/mol. The number of aliphatic hydroxyl groups is 1. The molecule has 2 rings (SSSR count). The number of carbonyl (C=O) groups excluding carboxylic acids is 1. The Morgan fingerprint density at radius 1 is 1.19 bits per heavy atom. The van der Waals surface area contributed by atoms with Gasteiger partial charge in [-0.2, -0.15) is 0 Å². The van der Waals surface area contributed by atoms with Crippen LogP contribution >= 0.6 is 0 Å². The molecule has 1 aliphatic rings. The molecule has 5 nitrogen and oxygen atoms in total. The molecule has 0 saturated heterocycles. The predicted octanol–water partition coefficient (Wildman–Crippen LogP) is 2.07. The molecule has 1 atom stereocenters. The van der Waals surface area contributed by atoms with Crippen LogP contribution in [0.15, 0.2) is 36.4 Å². The van der Waals surface area contributed by atoms with Crippen molar-refractivity contribution < 1.29 is 19.8 Å². The Labute approximate surface area is 123 Å². The molecule has 0 aromatic heterocycles. The van der Waals surface area contributed by atoms with Gasteiger partial charge in [0, 0.05) is 18.2 Å². The number of allylic oxidation sites excluding steroid dienone is 2. The third-order valence-corrected chi connectivity index (χ3v) is 3.63. The molecule has 0 aliphatic heterocycles. The van der Waals surface area contributed by atoms with Gasteiger partial charge in [-0.1, -0.05) is 12.2 Å². The minimum absolute atomic E-state index is 0.0172. The van der Waals surface area contributed by atoms with Crippen molar-refractivity contribution in [1.82, 2.24) is 0 Å². The molecule has 5 heteroatoms. The van der Waals surface area contributed by atoms with Gasteiger partial charge in [0.15, 0.2) is 0 Å². The van der Waals surface area contributed by atoms with E-state index >= 15 is 0 Å². The molecule has 1 unspecified atom stereocenters. The van der Waals surface area contributed by atoms with E-state index in [2.05, 4.69) is 6.08 Å². The first-order valence-electron chi connectivity index (χ1n) is 7.04. The SMILES string of the molecule is O=C(O)c1ccc(N(CCO)C(=O)C2CC=CCC2)cc1. The van der Waals surface area contributed by atoms with Crippen molar-refractivity contribution in [3.05, 3.63) is 42.0 Å². The first kappa shape index (κ1) is 15.3. The van der Waals surface area contributed by atoms with E-state index in [1.54, 1.807) is 12.1 Å². The molecule has 112 valence electrons. The lowest BCUT2D eigenvalue weighted by atomic mass is 9.93. The highest BCUT2D eigenvalue weighted by atomic mass is 16.4. The van der Waals surface area contributed by atoms with Gasteiger partial charge in [0.05, 0.1) is 12.2 Å². The summed E-state index contributed by atoms with van der Waals surface area (Å²) in [6, 6.07) is 6.15. The molecule has 0 fully saturated rings. The number of carboxylic acids is 1. The quantitative estimate of drug-likeness (QED) is 0.813. The Balaban J connectivity index is 2.19. The van der Waals surface area contributed by atoms with Crippen molar-refractivity contribution in [2.24, 2.45) is 5.92 Å². The lowest BCUT2D eigenvalue weighted by Crippen LogP contribution is -2.38. The van der Waals surface area contributed by atoms with Gasteiger partial charge in [0.25, 0.3) is 0 Å². The van der Waals surface area contributed by atoms with Crippen molar-refractivity contribution in [3.63, 3.8) is 0 Å². The molecule has 2 N–H and O–H groups in total. The summed E-state index contributed by atoms with van der Waals surface area (Å²) < 4.78 is 0. The first-order valence-corrected chi connectivity index (χ1v) is 7.04. The summed E-state index contributed by atoms with van der Waals surface area (Å²) in [5.41, 5.74) is 0.796. The minimum atomic E-state index is -1.00. The lowest BCUT2D eigenvalue weighted by molar-refractivity contribution is -0.122. The molecule has 21 heavy (non-hydrogen) atoms.